The Morgan fingerprint density at radius 2 is 1.87 bits per heavy atom. The number of aliphatic hydroxyl groups is 1. The number of aldehydes is 1. The highest BCUT2D eigenvalue weighted by Crippen LogP contribution is 2.33. The molecule has 0 bridgehead atoms. The minimum absolute atomic E-state index is 0.00239. The average molecular weight is 572 g/mol. The quantitative estimate of drug-likeness (QED) is 0.269. The van der Waals surface area contributed by atoms with Crippen LogP contribution in [0.4, 0.5) is 11.4 Å². The molecule has 4 aromatic rings. The number of amides is 1. The van der Waals surface area contributed by atoms with E-state index < -0.39 is 28.6 Å². The highest BCUT2D eigenvalue weighted by Gasteiger charge is 2.30. The number of anilines is 2. The zero-order valence-electron chi connectivity index (χ0n) is 19.9. The number of aromatic nitrogens is 1. The maximum atomic E-state index is 13.8. The Balaban J connectivity index is 1.66. The average Bonchev–Trinajstić information content (AvgIpc) is 3.43. The normalized spacial score (nSPS) is 12.0. The molecule has 1 aromatic heterocycles. The Morgan fingerprint density at radius 1 is 1.16 bits per heavy atom. The van der Waals surface area contributed by atoms with Gasteiger partial charge >= 0.3 is 0 Å². The van der Waals surface area contributed by atoms with Crippen LogP contribution in [0.25, 0.3) is 10.6 Å². The minimum atomic E-state index is -4.39. The molecule has 0 aliphatic carbocycles. The van der Waals surface area contributed by atoms with Crippen molar-refractivity contribution < 1.29 is 27.9 Å². The number of hydrogen-bond donors (Lipinski definition) is 2. The van der Waals surface area contributed by atoms with E-state index in [2.05, 4.69) is 10.3 Å². The third-order valence-corrected chi connectivity index (χ3v) is 8.33. The van der Waals surface area contributed by atoms with Crippen molar-refractivity contribution in [3.63, 3.8) is 0 Å². The first-order chi connectivity index (χ1) is 18.2. The molecule has 1 heterocycles. The molecule has 0 radical (unpaired) electrons. The Morgan fingerprint density at radius 3 is 2.53 bits per heavy atom. The number of carbonyl (C=O) groups is 2. The summed E-state index contributed by atoms with van der Waals surface area (Å²) in [6.45, 7) is -0.547. The highest BCUT2D eigenvalue weighted by molar-refractivity contribution is 7.93. The summed E-state index contributed by atoms with van der Waals surface area (Å²) < 4.78 is 33.7. The molecule has 4 rings (SSSR count). The summed E-state index contributed by atoms with van der Waals surface area (Å²) in [6, 6.07) is 19.4. The van der Waals surface area contributed by atoms with Gasteiger partial charge in [-0.05, 0) is 42.5 Å². The Kier molecular flexibility index (Phi) is 8.42. The summed E-state index contributed by atoms with van der Waals surface area (Å²) >= 11 is 7.26. The number of nitrogens with zero attached hydrogens (tertiary/aromatic N) is 2. The third kappa shape index (κ3) is 6.03. The third-order valence-electron chi connectivity index (χ3n) is 5.37. The lowest BCUT2D eigenvalue weighted by atomic mass is 10.2. The molecule has 1 atom stereocenters. The topological polar surface area (TPSA) is 126 Å². The van der Waals surface area contributed by atoms with E-state index in [4.69, 9.17) is 16.3 Å². The predicted molar refractivity (Wildman–Crippen MR) is 147 cm³/mol. The fourth-order valence-electron chi connectivity index (χ4n) is 3.52. The fourth-order valence-corrected chi connectivity index (χ4v) is 6.12. The molecule has 1 unspecified atom stereocenters. The van der Waals surface area contributed by atoms with E-state index in [1.165, 1.54) is 60.9 Å². The molecule has 9 nitrogen and oxygen atoms in total. The lowest BCUT2D eigenvalue weighted by Gasteiger charge is -2.26. The zero-order chi connectivity index (χ0) is 27.3. The molecule has 1 amide bonds. The second kappa shape index (κ2) is 11.7. The molecule has 0 saturated heterocycles. The van der Waals surface area contributed by atoms with E-state index in [9.17, 15) is 23.1 Å². The van der Waals surface area contributed by atoms with Crippen LogP contribution in [-0.2, 0) is 14.8 Å². The van der Waals surface area contributed by atoms with Gasteiger partial charge in [-0.3, -0.25) is 9.10 Å². The van der Waals surface area contributed by atoms with Gasteiger partial charge in [0.2, 0.25) is 0 Å². The number of thiazole rings is 1. The molecular weight excluding hydrogens is 550 g/mol. The molecule has 38 heavy (non-hydrogen) atoms. The van der Waals surface area contributed by atoms with Crippen molar-refractivity contribution >= 4 is 56.5 Å². The van der Waals surface area contributed by atoms with Crippen LogP contribution in [0.3, 0.4) is 0 Å². The van der Waals surface area contributed by atoms with Crippen LogP contribution in [0.1, 0.15) is 10.5 Å². The molecule has 12 heteroatoms. The van der Waals surface area contributed by atoms with Crippen molar-refractivity contribution in [2.75, 3.05) is 23.3 Å². The number of hydrogen-bond acceptors (Lipinski definition) is 8. The van der Waals surface area contributed by atoms with Gasteiger partial charge < -0.3 is 20.0 Å². The van der Waals surface area contributed by atoms with Crippen LogP contribution in [0.5, 0.6) is 5.75 Å². The summed E-state index contributed by atoms with van der Waals surface area (Å²) in [6.07, 6.45) is -1.35. The zero-order valence-corrected chi connectivity index (χ0v) is 22.3. The second-order valence-electron chi connectivity index (χ2n) is 7.94. The lowest BCUT2D eigenvalue weighted by Crippen LogP contribution is -2.38. The summed E-state index contributed by atoms with van der Waals surface area (Å²) in [5.41, 5.74) is 1.39. The number of aliphatic hydroxyl groups excluding tert-OH is 1. The Bertz CT molecular complexity index is 1540. The van der Waals surface area contributed by atoms with Gasteiger partial charge in [0.1, 0.15) is 33.7 Å². The number of nitrogens with one attached hydrogen (secondary N) is 1. The van der Waals surface area contributed by atoms with E-state index in [0.717, 1.165) is 9.87 Å². The smallest absolute Gasteiger partial charge is 0.275 e. The maximum absolute atomic E-state index is 13.8. The lowest BCUT2D eigenvalue weighted by molar-refractivity contribution is -0.114. The van der Waals surface area contributed by atoms with Crippen LogP contribution in [-0.4, -0.2) is 50.5 Å². The standard InChI is InChI=1S/C26H22ClN3O6S2/c1-36-23-12-9-19(28-25(33)22-16-37-26(29-22)17-5-3-2-4-6-17)13-24(23)38(34,35)30(14-21(32)15-31)20-10-7-18(27)8-11-20/h2-13,15-16,21,32H,14H2,1H3,(H,28,33). The van der Waals surface area contributed by atoms with Gasteiger partial charge in [-0.25, -0.2) is 13.4 Å². The molecule has 0 spiro atoms. The highest BCUT2D eigenvalue weighted by atomic mass is 35.5. The molecule has 3 aromatic carbocycles. The van der Waals surface area contributed by atoms with E-state index in [-0.39, 0.29) is 34.0 Å². The predicted octanol–water partition coefficient (Wildman–Crippen LogP) is 4.48. The molecule has 0 saturated carbocycles. The van der Waals surface area contributed by atoms with Gasteiger partial charge in [0.05, 0.1) is 19.3 Å². The van der Waals surface area contributed by atoms with E-state index in [0.29, 0.717) is 10.0 Å². The van der Waals surface area contributed by atoms with Crippen LogP contribution in [0, 0.1) is 0 Å². The van der Waals surface area contributed by atoms with Gasteiger partial charge in [-0.1, -0.05) is 41.9 Å². The Labute approximate surface area is 228 Å². The van der Waals surface area contributed by atoms with Crippen molar-refractivity contribution in [3.05, 3.63) is 88.9 Å². The number of sulfonamides is 1. The minimum Gasteiger partial charge on any atom is -0.495 e. The maximum Gasteiger partial charge on any atom is 0.275 e. The van der Waals surface area contributed by atoms with Crippen molar-refractivity contribution in [2.45, 2.75) is 11.0 Å². The van der Waals surface area contributed by atoms with E-state index >= 15 is 0 Å². The molecule has 0 aliphatic heterocycles. The van der Waals surface area contributed by atoms with Crippen molar-refractivity contribution in [1.29, 1.82) is 0 Å². The molecular formula is C26H22ClN3O6S2. The van der Waals surface area contributed by atoms with Crippen LogP contribution in [0.2, 0.25) is 5.02 Å². The first kappa shape index (κ1) is 27.3. The number of benzene rings is 3. The number of rotatable bonds is 10. The summed E-state index contributed by atoms with van der Waals surface area (Å²) in [5, 5.41) is 15.3. The molecule has 196 valence electrons. The van der Waals surface area contributed by atoms with Crippen LogP contribution >= 0.6 is 22.9 Å². The van der Waals surface area contributed by atoms with Gasteiger partial charge in [0.15, 0.2) is 0 Å². The summed E-state index contributed by atoms with van der Waals surface area (Å²) in [7, 11) is -3.08. The number of methoxy groups -OCH3 is 1. The summed E-state index contributed by atoms with van der Waals surface area (Å²) in [5.74, 6) is -0.523. The van der Waals surface area contributed by atoms with E-state index in [1.54, 1.807) is 5.38 Å². The SMILES string of the molecule is COc1ccc(NC(=O)c2csc(-c3ccccc3)n2)cc1S(=O)(=O)N(CC(O)C=O)c1ccc(Cl)cc1. The fraction of sp³-hybridized carbons (Fsp3) is 0.115. The van der Waals surface area contributed by atoms with Crippen molar-refractivity contribution in [3.8, 4) is 16.3 Å². The number of halogens is 1. The number of ether oxygens (including phenoxy) is 1. The Hall–Kier alpha value is -3.77. The van der Waals surface area contributed by atoms with Crippen molar-refractivity contribution in [2.24, 2.45) is 0 Å². The van der Waals surface area contributed by atoms with Crippen LogP contribution in [0.15, 0.2) is 83.1 Å². The largest absolute Gasteiger partial charge is 0.495 e. The summed E-state index contributed by atoms with van der Waals surface area (Å²) in [4.78, 5) is 28.1. The van der Waals surface area contributed by atoms with Gasteiger partial charge in [-0.2, -0.15) is 0 Å². The first-order valence-corrected chi connectivity index (χ1v) is 13.8. The van der Waals surface area contributed by atoms with Gasteiger partial charge in [0, 0.05) is 21.7 Å². The molecule has 0 aliphatic rings. The van der Waals surface area contributed by atoms with Gasteiger partial charge in [-0.15, -0.1) is 11.3 Å². The molecule has 2 N–H and O–H groups in total. The van der Waals surface area contributed by atoms with Crippen molar-refractivity contribution in [1.82, 2.24) is 4.98 Å². The number of carbonyl (C=O) groups excluding carboxylic acids is 2. The second-order valence-corrected chi connectivity index (χ2v) is 11.1. The molecule has 0 fully saturated rings. The monoisotopic (exact) mass is 571 g/mol. The van der Waals surface area contributed by atoms with Gasteiger partial charge in [0.25, 0.3) is 15.9 Å². The first-order valence-electron chi connectivity index (χ1n) is 11.1. The van der Waals surface area contributed by atoms with Crippen LogP contribution < -0.4 is 14.4 Å². The van der Waals surface area contributed by atoms with E-state index in [1.807, 2.05) is 30.3 Å².